The zero-order valence-corrected chi connectivity index (χ0v) is 21.3. The van der Waals surface area contributed by atoms with Crippen LogP contribution in [-0.2, 0) is 24.3 Å². The van der Waals surface area contributed by atoms with E-state index in [-0.39, 0.29) is 32.1 Å². The first-order chi connectivity index (χ1) is 15.8. The number of hydrogen-bond acceptors (Lipinski definition) is 6. The molecule has 2 aromatic carbocycles. The van der Waals surface area contributed by atoms with Gasteiger partial charge in [0, 0.05) is 14.1 Å². The topological polar surface area (TPSA) is 122 Å². The number of esters is 1. The van der Waals surface area contributed by atoms with Crippen molar-refractivity contribution in [1.82, 2.24) is 9.62 Å². The fourth-order valence-corrected chi connectivity index (χ4v) is 4.06. The van der Waals surface area contributed by atoms with Crippen LogP contribution in [0.1, 0.15) is 24.2 Å². The van der Waals surface area contributed by atoms with Crippen molar-refractivity contribution in [2.45, 2.75) is 24.8 Å². The lowest BCUT2D eigenvalue weighted by molar-refractivity contribution is -0.150. The highest BCUT2D eigenvalue weighted by Gasteiger charge is 2.27. The molecule has 0 radical (unpaired) electrons. The highest BCUT2D eigenvalue weighted by molar-refractivity contribution is 7.89. The summed E-state index contributed by atoms with van der Waals surface area (Å²) in [4.78, 5) is 37.3. The number of amides is 2. The lowest BCUT2D eigenvalue weighted by atomic mass is 10.0. The third-order valence-electron chi connectivity index (χ3n) is 4.66. The van der Waals surface area contributed by atoms with Crippen molar-refractivity contribution < 1.29 is 27.5 Å². The molecule has 0 aromatic heterocycles. The van der Waals surface area contributed by atoms with Crippen molar-refractivity contribution in [3.05, 3.63) is 58.1 Å². The number of benzene rings is 2. The summed E-state index contributed by atoms with van der Waals surface area (Å²) in [5, 5.41) is 5.32. The molecule has 9 nitrogen and oxygen atoms in total. The molecular formula is C22H25Cl2N3O6S. The van der Waals surface area contributed by atoms with Gasteiger partial charge < -0.3 is 15.4 Å². The van der Waals surface area contributed by atoms with Gasteiger partial charge in [0.15, 0.2) is 6.61 Å². The number of carbonyl (C=O) groups excluding carboxylic acids is 3. The Bertz CT molecular complexity index is 1180. The number of nitrogens with zero attached hydrogens (tertiary/aromatic N) is 1. The first kappa shape index (κ1) is 27.6. The highest BCUT2D eigenvalue weighted by atomic mass is 35.5. The van der Waals surface area contributed by atoms with Crippen LogP contribution >= 0.6 is 23.2 Å². The van der Waals surface area contributed by atoms with Crippen LogP contribution in [0, 0.1) is 5.92 Å². The maximum Gasteiger partial charge on any atom is 0.329 e. The fourth-order valence-electron chi connectivity index (χ4n) is 2.75. The van der Waals surface area contributed by atoms with Gasteiger partial charge in [0.2, 0.25) is 10.0 Å². The summed E-state index contributed by atoms with van der Waals surface area (Å²) in [6.07, 6.45) is 0. The predicted octanol–water partition coefficient (Wildman–Crippen LogP) is 3.18. The van der Waals surface area contributed by atoms with Gasteiger partial charge in [-0.25, -0.2) is 17.5 Å². The lowest BCUT2D eigenvalue weighted by Gasteiger charge is -2.21. The molecule has 0 unspecified atom stereocenters. The summed E-state index contributed by atoms with van der Waals surface area (Å²) in [6, 6.07) is 9.18. The second-order valence-electron chi connectivity index (χ2n) is 7.76. The average molecular weight is 530 g/mol. The van der Waals surface area contributed by atoms with Crippen molar-refractivity contribution >= 4 is 56.7 Å². The molecule has 0 heterocycles. The zero-order chi connectivity index (χ0) is 25.6. The van der Waals surface area contributed by atoms with Gasteiger partial charge in [0.05, 0.1) is 26.2 Å². The van der Waals surface area contributed by atoms with Crippen LogP contribution in [0.15, 0.2) is 47.4 Å². The van der Waals surface area contributed by atoms with Gasteiger partial charge in [0.25, 0.3) is 11.8 Å². The summed E-state index contributed by atoms with van der Waals surface area (Å²) >= 11 is 12.1. The van der Waals surface area contributed by atoms with E-state index in [0.717, 1.165) is 4.31 Å². The minimum atomic E-state index is -3.75. The molecule has 12 heteroatoms. The molecule has 0 aliphatic rings. The SMILES string of the molecule is CC(C)[C@H](NC(=O)c1ccccc1Cl)C(=O)OCC(=O)Nc1cc(S(=O)(=O)N(C)C)ccc1Cl. The number of rotatable bonds is 9. The number of anilines is 1. The van der Waals surface area contributed by atoms with Gasteiger partial charge in [-0.2, -0.15) is 0 Å². The molecule has 0 spiro atoms. The second kappa shape index (κ2) is 11.7. The van der Waals surface area contributed by atoms with E-state index in [2.05, 4.69) is 10.6 Å². The van der Waals surface area contributed by atoms with Crippen molar-refractivity contribution in [2.24, 2.45) is 5.92 Å². The Hall–Kier alpha value is -2.66. The van der Waals surface area contributed by atoms with E-state index in [1.807, 2.05) is 0 Å². The summed E-state index contributed by atoms with van der Waals surface area (Å²) in [6.45, 7) is 2.73. The quantitative estimate of drug-likeness (QED) is 0.481. The summed E-state index contributed by atoms with van der Waals surface area (Å²) < 4.78 is 30.7. The van der Waals surface area contributed by atoms with Gasteiger partial charge in [-0.15, -0.1) is 0 Å². The number of ether oxygens (including phenoxy) is 1. The van der Waals surface area contributed by atoms with E-state index < -0.39 is 40.5 Å². The van der Waals surface area contributed by atoms with Crippen molar-refractivity contribution in [3.8, 4) is 0 Å². The summed E-state index contributed by atoms with van der Waals surface area (Å²) in [7, 11) is -1.00. The minimum absolute atomic E-state index is 0.0399. The molecule has 0 aliphatic carbocycles. The number of halogens is 2. The highest BCUT2D eigenvalue weighted by Crippen LogP contribution is 2.26. The third kappa shape index (κ3) is 6.92. The van der Waals surface area contributed by atoms with Crippen molar-refractivity contribution in [2.75, 3.05) is 26.0 Å². The molecule has 2 aromatic rings. The standard InChI is InChI=1S/C22H25Cl2N3O6S/c1-13(2)20(26-21(29)15-7-5-6-8-16(15)23)22(30)33-12-19(28)25-18-11-14(9-10-17(18)24)34(31,32)27(3)4/h5-11,13,20H,12H2,1-4H3,(H,25,28)(H,26,29)/t20-/m0/s1. The lowest BCUT2D eigenvalue weighted by Crippen LogP contribution is -2.46. The smallest absolute Gasteiger partial charge is 0.329 e. The largest absolute Gasteiger partial charge is 0.454 e. The molecule has 2 rings (SSSR count). The van der Waals surface area contributed by atoms with Gasteiger partial charge in [-0.1, -0.05) is 49.2 Å². The molecular weight excluding hydrogens is 505 g/mol. The first-order valence-electron chi connectivity index (χ1n) is 10.1. The van der Waals surface area contributed by atoms with Gasteiger partial charge >= 0.3 is 5.97 Å². The van der Waals surface area contributed by atoms with Crippen LogP contribution in [-0.4, -0.2) is 57.3 Å². The molecule has 0 aliphatic heterocycles. The monoisotopic (exact) mass is 529 g/mol. The van der Waals surface area contributed by atoms with E-state index in [1.165, 1.54) is 38.4 Å². The molecule has 0 saturated heterocycles. The number of nitrogens with one attached hydrogen (secondary N) is 2. The molecule has 0 fully saturated rings. The Morgan fingerprint density at radius 3 is 2.26 bits per heavy atom. The molecule has 2 amide bonds. The zero-order valence-electron chi connectivity index (χ0n) is 19.0. The maximum absolute atomic E-state index is 12.6. The average Bonchev–Trinajstić information content (AvgIpc) is 2.77. The Morgan fingerprint density at radius 2 is 1.68 bits per heavy atom. The van der Waals surface area contributed by atoms with Crippen molar-refractivity contribution in [3.63, 3.8) is 0 Å². The maximum atomic E-state index is 12.6. The number of sulfonamides is 1. The van der Waals surface area contributed by atoms with E-state index >= 15 is 0 Å². The van der Waals surface area contributed by atoms with E-state index in [4.69, 9.17) is 27.9 Å². The van der Waals surface area contributed by atoms with Crippen LogP contribution in [0.5, 0.6) is 0 Å². The van der Waals surface area contributed by atoms with Crippen LogP contribution < -0.4 is 10.6 Å². The van der Waals surface area contributed by atoms with E-state index in [0.29, 0.717) is 0 Å². The Kier molecular flexibility index (Phi) is 9.45. The Labute approximate surface area is 208 Å². The number of carbonyl (C=O) groups is 3. The van der Waals surface area contributed by atoms with Gasteiger partial charge in [-0.05, 0) is 36.2 Å². The molecule has 2 N–H and O–H groups in total. The predicted molar refractivity (Wildman–Crippen MR) is 129 cm³/mol. The molecule has 184 valence electrons. The molecule has 1 atom stereocenters. The second-order valence-corrected chi connectivity index (χ2v) is 10.7. The van der Waals surface area contributed by atoms with Crippen LogP contribution in [0.3, 0.4) is 0 Å². The number of hydrogen-bond donors (Lipinski definition) is 2. The fraction of sp³-hybridized carbons (Fsp3) is 0.318. The summed E-state index contributed by atoms with van der Waals surface area (Å²) in [5.74, 6) is -2.46. The van der Waals surface area contributed by atoms with E-state index in [9.17, 15) is 22.8 Å². The minimum Gasteiger partial charge on any atom is -0.454 e. The first-order valence-corrected chi connectivity index (χ1v) is 12.3. The van der Waals surface area contributed by atoms with Gasteiger partial charge in [-0.3, -0.25) is 9.59 Å². The molecule has 0 saturated carbocycles. The third-order valence-corrected chi connectivity index (χ3v) is 7.13. The van der Waals surface area contributed by atoms with E-state index in [1.54, 1.807) is 32.0 Å². The van der Waals surface area contributed by atoms with Crippen LogP contribution in [0.25, 0.3) is 0 Å². The normalized spacial score (nSPS) is 12.4. The van der Waals surface area contributed by atoms with Crippen LogP contribution in [0.4, 0.5) is 5.69 Å². The van der Waals surface area contributed by atoms with Crippen molar-refractivity contribution in [1.29, 1.82) is 0 Å². The summed E-state index contributed by atoms with van der Waals surface area (Å²) in [5.41, 5.74) is 0.237. The van der Waals surface area contributed by atoms with Crippen LogP contribution in [0.2, 0.25) is 10.0 Å². The molecule has 0 bridgehead atoms. The Morgan fingerprint density at radius 1 is 1.03 bits per heavy atom. The Balaban J connectivity index is 2.05. The molecule has 34 heavy (non-hydrogen) atoms. The van der Waals surface area contributed by atoms with Gasteiger partial charge in [0.1, 0.15) is 6.04 Å².